The molecule has 1 aromatic rings. The van der Waals surface area contributed by atoms with E-state index in [4.69, 9.17) is 9.47 Å². The summed E-state index contributed by atoms with van der Waals surface area (Å²) in [6.45, 7) is 10.1. The molecule has 0 radical (unpaired) electrons. The third kappa shape index (κ3) is 5.30. The van der Waals surface area contributed by atoms with Gasteiger partial charge in [0.2, 0.25) is 0 Å². The van der Waals surface area contributed by atoms with Gasteiger partial charge in [-0.05, 0) is 38.5 Å². The summed E-state index contributed by atoms with van der Waals surface area (Å²) in [5.74, 6) is 0. The van der Waals surface area contributed by atoms with Crippen molar-refractivity contribution in [3.8, 4) is 0 Å². The molecule has 1 heterocycles. The van der Waals surface area contributed by atoms with E-state index >= 15 is 0 Å². The summed E-state index contributed by atoms with van der Waals surface area (Å²) in [6, 6.07) is 8.97. The molecule has 1 fully saturated rings. The molecule has 1 saturated heterocycles. The molecule has 4 nitrogen and oxygen atoms in total. The Morgan fingerprint density at radius 1 is 1.33 bits per heavy atom. The maximum Gasteiger partial charge on any atom is 0.0678 e. The fourth-order valence-electron chi connectivity index (χ4n) is 3.01. The molecule has 0 bridgehead atoms. The van der Waals surface area contributed by atoms with E-state index in [-0.39, 0.29) is 0 Å². The number of rotatable bonds is 6. The van der Waals surface area contributed by atoms with Crippen LogP contribution in [0.2, 0.25) is 0 Å². The average molecular weight is 292 g/mol. The molecule has 1 aliphatic heterocycles. The normalized spacial score (nSPS) is 24.8. The molecule has 21 heavy (non-hydrogen) atoms. The van der Waals surface area contributed by atoms with Crippen molar-refractivity contribution >= 4 is 5.69 Å². The third-order valence-electron chi connectivity index (χ3n) is 3.66. The lowest BCUT2D eigenvalue weighted by Gasteiger charge is -2.35. The topological polar surface area (TPSA) is 33.7 Å². The first kappa shape index (κ1) is 16.3. The van der Waals surface area contributed by atoms with E-state index in [1.165, 1.54) is 5.56 Å². The van der Waals surface area contributed by atoms with E-state index in [1.807, 2.05) is 0 Å². The standard InChI is InChI=1S/C17H28N2O2/c1-13(12-20-4)18-17-7-5-6-16(8-17)11-19-9-14(2)21-15(3)10-19/h5-8,13-15,18H,9-12H2,1-4H3/t13-,14-,15+/m0/s1. The molecular formula is C17H28N2O2. The molecule has 2 rings (SSSR count). The molecule has 4 heteroatoms. The number of anilines is 1. The summed E-state index contributed by atoms with van der Waals surface area (Å²) in [6.07, 6.45) is 0.633. The number of hydrogen-bond donors (Lipinski definition) is 1. The lowest BCUT2D eigenvalue weighted by atomic mass is 10.1. The third-order valence-corrected chi connectivity index (χ3v) is 3.66. The highest BCUT2D eigenvalue weighted by atomic mass is 16.5. The van der Waals surface area contributed by atoms with Gasteiger partial charge in [0, 0.05) is 38.5 Å². The summed E-state index contributed by atoms with van der Waals surface area (Å²) in [7, 11) is 1.73. The molecule has 118 valence electrons. The number of morpholine rings is 1. The van der Waals surface area contributed by atoms with Gasteiger partial charge < -0.3 is 14.8 Å². The van der Waals surface area contributed by atoms with Gasteiger partial charge in [0.1, 0.15) is 0 Å². The van der Waals surface area contributed by atoms with Gasteiger partial charge in [-0.15, -0.1) is 0 Å². The highest BCUT2D eigenvalue weighted by Gasteiger charge is 2.22. The Morgan fingerprint density at radius 2 is 2.05 bits per heavy atom. The van der Waals surface area contributed by atoms with Crippen molar-refractivity contribution in [2.24, 2.45) is 0 Å². The number of hydrogen-bond acceptors (Lipinski definition) is 4. The van der Waals surface area contributed by atoms with Crippen LogP contribution < -0.4 is 5.32 Å². The van der Waals surface area contributed by atoms with Gasteiger partial charge in [0.05, 0.1) is 18.8 Å². The van der Waals surface area contributed by atoms with Crippen molar-refractivity contribution in [1.82, 2.24) is 4.90 Å². The Kier molecular flexibility index (Phi) is 6.03. The van der Waals surface area contributed by atoms with Crippen LogP contribution in [0.4, 0.5) is 5.69 Å². The van der Waals surface area contributed by atoms with Gasteiger partial charge in [-0.3, -0.25) is 4.90 Å². The highest BCUT2D eigenvalue weighted by molar-refractivity contribution is 5.46. The fourth-order valence-corrected chi connectivity index (χ4v) is 3.01. The van der Waals surface area contributed by atoms with Crippen LogP contribution >= 0.6 is 0 Å². The number of ether oxygens (including phenoxy) is 2. The van der Waals surface area contributed by atoms with Crippen molar-refractivity contribution < 1.29 is 9.47 Å². The molecule has 0 aromatic heterocycles. The molecule has 0 unspecified atom stereocenters. The van der Waals surface area contributed by atoms with Crippen LogP contribution in [0.15, 0.2) is 24.3 Å². The summed E-state index contributed by atoms with van der Waals surface area (Å²) in [4.78, 5) is 2.47. The maximum absolute atomic E-state index is 5.79. The summed E-state index contributed by atoms with van der Waals surface area (Å²) >= 11 is 0. The molecule has 3 atom stereocenters. The lowest BCUT2D eigenvalue weighted by Crippen LogP contribution is -2.44. The Hall–Kier alpha value is -1.10. The van der Waals surface area contributed by atoms with E-state index in [1.54, 1.807) is 7.11 Å². The molecule has 1 aromatic carbocycles. The summed E-state index contributed by atoms with van der Waals surface area (Å²) in [5, 5.41) is 3.47. The maximum atomic E-state index is 5.79. The Morgan fingerprint density at radius 3 is 2.71 bits per heavy atom. The SMILES string of the molecule is COC[C@H](C)Nc1cccc(CN2C[C@@H](C)O[C@@H](C)C2)c1. The van der Waals surface area contributed by atoms with Gasteiger partial charge in [-0.2, -0.15) is 0 Å². The van der Waals surface area contributed by atoms with Crippen molar-refractivity contribution in [1.29, 1.82) is 0 Å². The second-order valence-corrected chi connectivity index (χ2v) is 6.15. The van der Waals surface area contributed by atoms with Gasteiger partial charge in [0.15, 0.2) is 0 Å². The predicted molar refractivity (Wildman–Crippen MR) is 86.7 cm³/mol. The molecule has 1 aliphatic rings. The average Bonchev–Trinajstić information content (AvgIpc) is 2.37. The number of methoxy groups -OCH3 is 1. The fraction of sp³-hybridized carbons (Fsp3) is 0.647. The Balaban J connectivity index is 1.94. The van der Waals surface area contributed by atoms with Crippen molar-refractivity contribution in [3.63, 3.8) is 0 Å². The van der Waals surface area contributed by atoms with Crippen molar-refractivity contribution in [2.45, 2.75) is 45.6 Å². The zero-order chi connectivity index (χ0) is 15.2. The largest absolute Gasteiger partial charge is 0.383 e. The van der Waals surface area contributed by atoms with E-state index in [0.29, 0.717) is 24.9 Å². The first-order valence-electron chi connectivity index (χ1n) is 7.79. The van der Waals surface area contributed by atoms with Gasteiger partial charge in [0.25, 0.3) is 0 Å². The second-order valence-electron chi connectivity index (χ2n) is 6.15. The quantitative estimate of drug-likeness (QED) is 0.874. The summed E-state index contributed by atoms with van der Waals surface area (Å²) < 4.78 is 11.0. The van der Waals surface area contributed by atoms with Crippen LogP contribution in [-0.2, 0) is 16.0 Å². The van der Waals surface area contributed by atoms with Crippen LogP contribution in [-0.4, -0.2) is 50.0 Å². The predicted octanol–water partition coefficient (Wildman–Crippen LogP) is 2.74. The minimum absolute atomic E-state index is 0.314. The minimum atomic E-state index is 0.314. The Labute approximate surface area is 128 Å². The van der Waals surface area contributed by atoms with Gasteiger partial charge in [-0.25, -0.2) is 0 Å². The first-order chi connectivity index (χ1) is 10.1. The number of benzene rings is 1. The molecule has 0 spiro atoms. The van der Waals surface area contributed by atoms with Crippen molar-refractivity contribution in [3.05, 3.63) is 29.8 Å². The zero-order valence-corrected chi connectivity index (χ0v) is 13.6. The second kappa shape index (κ2) is 7.78. The summed E-state index contributed by atoms with van der Waals surface area (Å²) in [5.41, 5.74) is 2.50. The van der Waals surface area contributed by atoms with E-state index < -0.39 is 0 Å². The number of nitrogens with one attached hydrogen (secondary N) is 1. The zero-order valence-electron chi connectivity index (χ0n) is 13.6. The highest BCUT2D eigenvalue weighted by Crippen LogP contribution is 2.17. The van der Waals surface area contributed by atoms with Crippen LogP contribution in [0.5, 0.6) is 0 Å². The van der Waals surface area contributed by atoms with Crippen LogP contribution in [0.25, 0.3) is 0 Å². The van der Waals surface area contributed by atoms with E-state index in [0.717, 1.165) is 25.3 Å². The Bertz CT molecular complexity index is 429. The van der Waals surface area contributed by atoms with Gasteiger partial charge in [-0.1, -0.05) is 12.1 Å². The molecular weight excluding hydrogens is 264 g/mol. The molecule has 0 amide bonds. The van der Waals surface area contributed by atoms with Crippen LogP contribution in [0.1, 0.15) is 26.3 Å². The van der Waals surface area contributed by atoms with Crippen LogP contribution in [0, 0.1) is 0 Å². The number of nitrogens with zero attached hydrogens (tertiary/aromatic N) is 1. The molecule has 0 aliphatic carbocycles. The van der Waals surface area contributed by atoms with Crippen molar-refractivity contribution in [2.75, 3.05) is 32.1 Å². The van der Waals surface area contributed by atoms with Gasteiger partial charge >= 0.3 is 0 Å². The molecule has 0 saturated carbocycles. The van der Waals surface area contributed by atoms with Crippen LogP contribution in [0.3, 0.4) is 0 Å². The first-order valence-corrected chi connectivity index (χ1v) is 7.79. The monoisotopic (exact) mass is 292 g/mol. The minimum Gasteiger partial charge on any atom is -0.383 e. The lowest BCUT2D eigenvalue weighted by molar-refractivity contribution is -0.0704. The molecule has 1 N–H and O–H groups in total. The van der Waals surface area contributed by atoms with E-state index in [9.17, 15) is 0 Å². The van der Waals surface area contributed by atoms with E-state index in [2.05, 4.69) is 55.3 Å². The smallest absolute Gasteiger partial charge is 0.0678 e.